The number of nitrogens with one attached hydrogen (secondary N) is 2. The first-order chi connectivity index (χ1) is 14.3. The van der Waals surface area contributed by atoms with Gasteiger partial charge in [0.1, 0.15) is 0 Å². The third-order valence-electron chi connectivity index (χ3n) is 5.10. The molecule has 1 fully saturated rings. The van der Waals surface area contributed by atoms with Gasteiger partial charge >= 0.3 is 12.0 Å². The van der Waals surface area contributed by atoms with Crippen LogP contribution in [0.2, 0.25) is 0 Å². The average molecular weight is 415 g/mol. The minimum absolute atomic E-state index is 0.0554. The number of benzene rings is 1. The molecule has 1 aromatic carbocycles. The fourth-order valence-electron chi connectivity index (χ4n) is 3.73. The Bertz CT molecular complexity index is 889. The monoisotopic (exact) mass is 415 g/mol. The van der Waals surface area contributed by atoms with Gasteiger partial charge in [0.25, 0.3) is 17.7 Å². The Morgan fingerprint density at radius 1 is 1.07 bits per heavy atom. The molecule has 30 heavy (non-hydrogen) atoms. The number of urea groups is 1. The third-order valence-corrected chi connectivity index (χ3v) is 5.10. The Hall–Kier alpha value is -3.23. The van der Waals surface area contributed by atoms with E-state index in [0.717, 1.165) is 32.1 Å². The van der Waals surface area contributed by atoms with E-state index in [0.29, 0.717) is 0 Å². The molecule has 1 aliphatic carbocycles. The second kappa shape index (κ2) is 9.06. The molecule has 2 aliphatic rings. The van der Waals surface area contributed by atoms with E-state index in [1.807, 2.05) is 5.32 Å². The molecule has 1 aromatic rings. The molecule has 0 aromatic heterocycles. The van der Waals surface area contributed by atoms with Crippen molar-refractivity contribution in [1.82, 2.24) is 15.5 Å². The summed E-state index contributed by atoms with van der Waals surface area (Å²) >= 11 is 0. The van der Waals surface area contributed by atoms with Crippen molar-refractivity contribution in [3.63, 3.8) is 0 Å². The highest BCUT2D eigenvalue weighted by atomic mass is 16.5. The molecular weight excluding hydrogens is 390 g/mol. The molecule has 2 N–H and O–H groups in total. The van der Waals surface area contributed by atoms with Gasteiger partial charge in [0.05, 0.1) is 16.7 Å². The number of fused-ring (bicyclic) bond motifs is 1. The molecule has 3 rings (SSSR count). The Balaban J connectivity index is 1.63. The molecule has 0 bridgehead atoms. The lowest BCUT2D eigenvalue weighted by Gasteiger charge is -2.29. The zero-order chi connectivity index (χ0) is 21.8. The van der Waals surface area contributed by atoms with Gasteiger partial charge in [0, 0.05) is 12.1 Å². The Morgan fingerprint density at radius 3 is 2.40 bits per heavy atom. The van der Waals surface area contributed by atoms with E-state index in [9.17, 15) is 24.0 Å². The maximum Gasteiger partial charge on any atom is 0.338 e. The fraction of sp³-hybridized carbons (Fsp3) is 0.476. The molecule has 9 nitrogen and oxygen atoms in total. The topological polar surface area (TPSA) is 122 Å². The number of amides is 5. The van der Waals surface area contributed by atoms with Gasteiger partial charge in [0.15, 0.2) is 6.61 Å². The van der Waals surface area contributed by atoms with Crippen molar-refractivity contribution in [2.75, 3.05) is 6.61 Å². The molecule has 0 radical (unpaired) electrons. The minimum Gasteiger partial charge on any atom is -0.452 e. The zero-order valence-electron chi connectivity index (χ0n) is 17.0. The van der Waals surface area contributed by atoms with E-state index in [-0.39, 0.29) is 34.7 Å². The normalized spacial score (nSPS) is 16.4. The highest BCUT2D eigenvalue weighted by Crippen LogP contribution is 2.31. The highest BCUT2D eigenvalue weighted by molar-refractivity contribution is 6.22. The number of hydrogen-bond acceptors (Lipinski definition) is 6. The predicted molar refractivity (Wildman–Crippen MR) is 106 cm³/mol. The zero-order valence-corrected chi connectivity index (χ0v) is 17.0. The van der Waals surface area contributed by atoms with Gasteiger partial charge < -0.3 is 10.1 Å². The summed E-state index contributed by atoms with van der Waals surface area (Å²) in [6.07, 6.45) is 4.64. The summed E-state index contributed by atoms with van der Waals surface area (Å²) in [5.74, 6) is -2.34. The standard InChI is InChI=1S/C21H25N3O6/c1-12(2)22-21(29)23-17(25)11-30-20(28)13-8-9-15-16(10-13)19(27)24(18(15)26)14-6-4-3-5-7-14/h8-10,12,14H,3-7,11H2,1-2H3,(H2,22,23,25,29). The van der Waals surface area contributed by atoms with Crippen molar-refractivity contribution in [3.8, 4) is 0 Å². The van der Waals surface area contributed by atoms with Gasteiger partial charge in [-0.3, -0.25) is 24.6 Å². The lowest BCUT2D eigenvalue weighted by atomic mass is 9.94. The van der Waals surface area contributed by atoms with Gasteiger partial charge in [-0.1, -0.05) is 19.3 Å². The maximum atomic E-state index is 12.8. The molecule has 1 saturated carbocycles. The van der Waals surface area contributed by atoms with Crippen LogP contribution in [0.25, 0.3) is 0 Å². The Morgan fingerprint density at radius 2 is 1.73 bits per heavy atom. The van der Waals surface area contributed by atoms with Crippen LogP contribution in [0.3, 0.4) is 0 Å². The number of ether oxygens (including phenoxy) is 1. The first kappa shape index (κ1) is 21.5. The fourth-order valence-corrected chi connectivity index (χ4v) is 3.73. The van der Waals surface area contributed by atoms with Gasteiger partial charge in [-0.25, -0.2) is 9.59 Å². The van der Waals surface area contributed by atoms with Crippen LogP contribution in [0, 0.1) is 0 Å². The SMILES string of the molecule is CC(C)NC(=O)NC(=O)COC(=O)c1ccc2c(c1)C(=O)N(C1CCCCC1)C2=O. The second-order valence-electron chi connectivity index (χ2n) is 7.78. The van der Waals surface area contributed by atoms with Crippen LogP contribution in [0.15, 0.2) is 18.2 Å². The van der Waals surface area contributed by atoms with E-state index in [1.165, 1.54) is 23.1 Å². The van der Waals surface area contributed by atoms with Crippen LogP contribution in [0.4, 0.5) is 4.79 Å². The van der Waals surface area contributed by atoms with Crippen LogP contribution in [0.5, 0.6) is 0 Å². The quantitative estimate of drug-likeness (QED) is 0.560. The number of esters is 1. The lowest BCUT2D eigenvalue weighted by molar-refractivity contribution is -0.123. The van der Waals surface area contributed by atoms with E-state index >= 15 is 0 Å². The molecule has 0 atom stereocenters. The summed E-state index contributed by atoms with van der Waals surface area (Å²) in [5, 5.41) is 4.52. The largest absolute Gasteiger partial charge is 0.452 e. The summed E-state index contributed by atoms with van der Waals surface area (Å²) in [4.78, 5) is 62.3. The summed E-state index contributed by atoms with van der Waals surface area (Å²) in [6, 6.07) is 3.20. The summed E-state index contributed by atoms with van der Waals surface area (Å²) in [5.41, 5.74) is 0.492. The highest BCUT2D eigenvalue weighted by Gasteiger charge is 2.40. The van der Waals surface area contributed by atoms with Crippen LogP contribution in [-0.2, 0) is 9.53 Å². The van der Waals surface area contributed by atoms with Crippen molar-refractivity contribution >= 4 is 29.7 Å². The summed E-state index contributed by atoms with van der Waals surface area (Å²) < 4.78 is 4.92. The predicted octanol–water partition coefficient (Wildman–Crippen LogP) is 2.01. The van der Waals surface area contributed by atoms with E-state index in [4.69, 9.17) is 4.74 Å². The summed E-state index contributed by atoms with van der Waals surface area (Å²) in [6.45, 7) is 2.82. The molecular formula is C21H25N3O6. The van der Waals surface area contributed by atoms with Crippen LogP contribution in [0.1, 0.15) is 77.0 Å². The number of nitrogens with zero attached hydrogens (tertiary/aromatic N) is 1. The molecule has 0 saturated heterocycles. The third kappa shape index (κ3) is 4.67. The number of hydrogen-bond donors (Lipinski definition) is 2. The summed E-state index contributed by atoms with van der Waals surface area (Å²) in [7, 11) is 0. The average Bonchev–Trinajstić information content (AvgIpc) is 2.96. The van der Waals surface area contributed by atoms with Crippen molar-refractivity contribution in [1.29, 1.82) is 0 Å². The molecule has 0 spiro atoms. The van der Waals surface area contributed by atoms with Crippen molar-refractivity contribution < 1.29 is 28.7 Å². The van der Waals surface area contributed by atoms with Gasteiger partial charge in [-0.05, 0) is 44.9 Å². The number of carbonyl (C=O) groups excluding carboxylic acids is 5. The molecule has 5 amide bonds. The van der Waals surface area contributed by atoms with E-state index in [1.54, 1.807) is 13.8 Å². The van der Waals surface area contributed by atoms with E-state index in [2.05, 4.69) is 5.32 Å². The van der Waals surface area contributed by atoms with Crippen LogP contribution in [-0.4, -0.2) is 53.3 Å². The van der Waals surface area contributed by atoms with Crippen molar-refractivity contribution in [3.05, 3.63) is 34.9 Å². The molecule has 1 aliphatic heterocycles. The molecule has 160 valence electrons. The van der Waals surface area contributed by atoms with Gasteiger partial charge in [0.2, 0.25) is 0 Å². The smallest absolute Gasteiger partial charge is 0.338 e. The van der Waals surface area contributed by atoms with Crippen molar-refractivity contribution in [2.24, 2.45) is 0 Å². The van der Waals surface area contributed by atoms with Crippen molar-refractivity contribution in [2.45, 2.75) is 58.0 Å². The van der Waals surface area contributed by atoms with Gasteiger partial charge in [-0.15, -0.1) is 0 Å². The molecule has 0 unspecified atom stereocenters. The van der Waals surface area contributed by atoms with Gasteiger partial charge in [-0.2, -0.15) is 0 Å². The molecule has 9 heteroatoms. The Kier molecular flexibility index (Phi) is 6.49. The van der Waals surface area contributed by atoms with Crippen LogP contribution >= 0.6 is 0 Å². The minimum atomic E-state index is -0.825. The van der Waals surface area contributed by atoms with E-state index < -0.39 is 30.4 Å². The Labute approximate surface area is 174 Å². The molecule has 1 heterocycles. The first-order valence-electron chi connectivity index (χ1n) is 10.1. The lowest BCUT2D eigenvalue weighted by Crippen LogP contribution is -2.44. The van der Waals surface area contributed by atoms with Crippen LogP contribution < -0.4 is 10.6 Å². The number of rotatable bonds is 5. The number of carbonyl (C=O) groups is 5. The maximum absolute atomic E-state index is 12.8. The second-order valence-corrected chi connectivity index (χ2v) is 7.78. The number of imide groups is 2. The first-order valence-corrected chi connectivity index (χ1v) is 10.1.